The van der Waals surface area contributed by atoms with Crippen LogP contribution in [-0.4, -0.2) is 46.5 Å². The van der Waals surface area contributed by atoms with Crippen molar-refractivity contribution in [3.63, 3.8) is 0 Å². The van der Waals surface area contributed by atoms with Gasteiger partial charge < -0.3 is 5.32 Å². The molecule has 0 bridgehead atoms. The molecule has 32 heavy (non-hydrogen) atoms. The second-order valence-electron chi connectivity index (χ2n) is 7.44. The number of anilines is 1. The fourth-order valence-corrected chi connectivity index (χ4v) is 5.84. The summed E-state index contributed by atoms with van der Waals surface area (Å²) in [4.78, 5) is 17.2. The number of thioether (sulfide) groups is 1. The first-order chi connectivity index (χ1) is 15.3. The van der Waals surface area contributed by atoms with Gasteiger partial charge in [0.2, 0.25) is 15.9 Å². The topological polar surface area (TPSA) is 84.3 Å². The number of sulfonamides is 1. The van der Waals surface area contributed by atoms with E-state index >= 15 is 0 Å². The van der Waals surface area contributed by atoms with E-state index < -0.39 is 15.3 Å². The van der Waals surface area contributed by atoms with E-state index in [0.717, 1.165) is 12.8 Å². The molecule has 1 fully saturated rings. The summed E-state index contributed by atoms with van der Waals surface area (Å²) in [6.45, 7) is 2.83. The molecule has 1 saturated heterocycles. The maximum Gasteiger partial charge on any atom is 0.243 e. The van der Waals surface area contributed by atoms with E-state index in [0.29, 0.717) is 29.6 Å². The normalized spacial score (nSPS) is 15.6. The van der Waals surface area contributed by atoms with Gasteiger partial charge in [-0.3, -0.25) is 9.36 Å². The predicted octanol–water partition coefficient (Wildman–Crippen LogP) is 3.92. The lowest BCUT2D eigenvalue weighted by molar-refractivity contribution is -0.115. The molecule has 1 atom stereocenters. The average molecular weight is 475 g/mol. The first-order valence-electron chi connectivity index (χ1n) is 10.2. The summed E-state index contributed by atoms with van der Waals surface area (Å²) in [5.74, 6) is -0.605. The van der Waals surface area contributed by atoms with Crippen molar-refractivity contribution in [2.45, 2.75) is 35.1 Å². The zero-order valence-corrected chi connectivity index (χ0v) is 19.1. The van der Waals surface area contributed by atoms with Crippen molar-refractivity contribution in [2.75, 3.05) is 18.4 Å². The van der Waals surface area contributed by atoms with Gasteiger partial charge >= 0.3 is 0 Å². The number of imidazole rings is 1. The maximum atomic E-state index is 13.6. The Kier molecular flexibility index (Phi) is 6.63. The molecule has 1 aliphatic rings. The molecule has 0 saturated carbocycles. The average Bonchev–Trinajstić information content (AvgIpc) is 3.47. The zero-order valence-electron chi connectivity index (χ0n) is 17.4. The molecule has 168 valence electrons. The van der Waals surface area contributed by atoms with Gasteiger partial charge in [-0.2, -0.15) is 4.31 Å². The van der Waals surface area contributed by atoms with Crippen LogP contribution in [0.2, 0.25) is 0 Å². The monoisotopic (exact) mass is 474 g/mol. The van der Waals surface area contributed by atoms with Gasteiger partial charge in [0.05, 0.1) is 15.8 Å². The number of amides is 1. The highest BCUT2D eigenvalue weighted by molar-refractivity contribution is 8.00. The number of hydrogen-bond acceptors (Lipinski definition) is 5. The first kappa shape index (κ1) is 22.5. The van der Waals surface area contributed by atoms with Crippen molar-refractivity contribution in [3.05, 3.63) is 66.7 Å². The van der Waals surface area contributed by atoms with E-state index in [4.69, 9.17) is 0 Å². The molecule has 0 spiro atoms. The van der Waals surface area contributed by atoms with E-state index in [9.17, 15) is 17.6 Å². The van der Waals surface area contributed by atoms with E-state index in [1.807, 2.05) is 0 Å². The summed E-state index contributed by atoms with van der Waals surface area (Å²) in [5, 5.41) is 2.88. The third-order valence-electron chi connectivity index (χ3n) is 5.17. The second-order valence-corrected chi connectivity index (χ2v) is 10.7. The minimum Gasteiger partial charge on any atom is -0.325 e. The summed E-state index contributed by atoms with van der Waals surface area (Å²) >= 11 is 1.24. The quantitative estimate of drug-likeness (QED) is 0.525. The van der Waals surface area contributed by atoms with E-state index in [1.54, 1.807) is 48.1 Å². The Morgan fingerprint density at radius 1 is 1.16 bits per heavy atom. The van der Waals surface area contributed by atoms with Crippen LogP contribution in [-0.2, 0) is 14.8 Å². The molecule has 1 aromatic heterocycles. The number of nitrogens with zero attached hydrogens (tertiary/aromatic N) is 3. The minimum absolute atomic E-state index is 0.219. The third kappa shape index (κ3) is 4.87. The van der Waals surface area contributed by atoms with Crippen LogP contribution >= 0.6 is 11.8 Å². The number of carbonyl (C=O) groups excluding carboxylic acids is 1. The van der Waals surface area contributed by atoms with Crippen LogP contribution in [0.15, 0.2) is 71.0 Å². The van der Waals surface area contributed by atoms with Crippen LogP contribution in [0.1, 0.15) is 19.8 Å². The molecule has 10 heteroatoms. The highest BCUT2D eigenvalue weighted by Gasteiger charge is 2.27. The largest absolute Gasteiger partial charge is 0.325 e. The molecule has 7 nitrogen and oxygen atoms in total. The minimum atomic E-state index is -3.49. The number of benzene rings is 2. The number of aromatic nitrogens is 2. The molecule has 2 aromatic carbocycles. The molecule has 1 aliphatic heterocycles. The lowest BCUT2D eigenvalue weighted by Crippen LogP contribution is -2.27. The molecule has 1 amide bonds. The van der Waals surface area contributed by atoms with Crippen molar-refractivity contribution < 1.29 is 17.6 Å². The first-order valence-corrected chi connectivity index (χ1v) is 12.5. The number of nitrogens with one attached hydrogen (secondary N) is 1. The second kappa shape index (κ2) is 9.43. The van der Waals surface area contributed by atoms with Crippen molar-refractivity contribution in [1.29, 1.82) is 0 Å². The van der Waals surface area contributed by atoms with Crippen LogP contribution < -0.4 is 5.32 Å². The Morgan fingerprint density at radius 3 is 2.56 bits per heavy atom. The lowest BCUT2D eigenvalue weighted by atomic mass is 10.3. The summed E-state index contributed by atoms with van der Waals surface area (Å²) in [5.41, 5.74) is 1.13. The Bertz CT molecular complexity index is 1210. The Balaban J connectivity index is 1.41. The van der Waals surface area contributed by atoms with Gasteiger partial charge in [0.15, 0.2) is 5.16 Å². The molecular weight excluding hydrogens is 451 g/mol. The van der Waals surface area contributed by atoms with E-state index in [2.05, 4.69) is 10.3 Å². The number of halogens is 1. The maximum absolute atomic E-state index is 13.6. The van der Waals surface area contributed by atoms with Gasteiger partial charge in [-0.15, -0.1) is 0 Å². The van der Waals surface area contributed by atoms with Crippen LogP contribution in [0.3, 0.4) is 0 Å². The molecule has 0 unspecified atom stereocenters. The summed E-state index contributed by atoms with van der Waals surface area (Å²) in [6, 6.07) is 12.3. The van der Waals surface area contributed by atoms with Gasteiger partial charge in [0.25, 0.3) is 0 Å². The number of hydrogen-bond donors (Lipinski definition) is 1. The van der Waals surface area contributed by atoms with E-state index in [1.165, 1.54) is 40.3 Å². The lowest BCUT2D eigenvalue weighted by Gasteiger charge is -2.16. The van der Waals surface area contributed by atoms with Gasteiger partial charge in [-0.25, -0.2) is 17.8 Å². The van der Waals surface area contributed by atoms with E-state index in [-0.39, 0.29) is 16.6 Å². The highest BCUT2D eigenvalue weighted by Crippen LogP contribution is 2.26. The fraction of sp³-hybridized carbons (Fsp3) is 0.273. The standard InChI is InChI=1S/C22H23FN4O3S2/c1-16(31-22-24-11-14-27(22)19-6-4-5-17(23)15-19)21(28)25-18-7-9-20(10-8-18)32(29,30)26-12-2-3-13-26/h4-11,14-16H,2-3,12-13H2,1H3,(H,25,28)/t16-/m0/s1. The van der Waals surface area contributed by atoms with Gasteiger partial charge in [-0.05, 0) is 62.2 Å². The molecule has 0 radical (unpaired) electrons. The SMILES string of the molecule is C[C@H](Sc1nccn1-c1cccc(F)c1)C(=O)Nc1ccc(S(=O)(=O)N2CCCC2)cc1. The predicted molar refractivity (Wildman–Crippen MR) is 122 cm³/mol. The van der Waals surface area contributed by atoms with Gasteiger partial charge in [-0.1, -0.05) is 17.8 Å². The molecule has 2 heterocycles. The van der Waals surface area contributed by atoms with Gasteiger partial charge in [0, 0.05) is 31.2 Å². The third-order valence-corrected chi connectivity index (χ3v) is 8.16. The number of rotatable bonds is 7. The molecule has 1 N–H and O–H groups in total. The molecule has 3 aromatic rings. The summed E-state index contributed by atoms with van der Waals surface area (Å²) < 4.78 is 42.0. The Hall–Kier alpha value is -2.69. The highest BCUT2D eigenvalue weighted by atomic mass is 32.2. The smallest absolute Gasteiger partial charge is 0.243 e. The molecular formula is C22H23FN4O3S2. The van der Waals surface area contributed by atoms with Crippen LogP contribution in [0.4, 0.5) is 10.1 Å². The van der Waals surface area contributed by atoms with Crippen LogP contribution in [0.25, 0.3) is 5.69 Å². The Labute approximate surface area is 190 Å². The fourth-order valence-electron chi connectivity index (χ4n) is 3.44. The van der Waals surface area contributed by atoms with Crippen molar-refractivity contribution in [2.24, 2.45) is 0 Å². The summed E-state index contributed by atoms with van der Waals surface area (Å²) in [6.07, 6.45) is 5.05. The molecule has 4 rings (SSSR count). The van der Waals surface area contributed by atoms with Crippen molar-refractivity contribution in [1.82, 2.24) is 13.9 Å². The number of carbonyl (C=O) groups is 1. The van der Waals surface area contributed by atoms with Gasteiger partial charge in [0.1, 0.15) is 5.82 Å². The van der Waals surface area contributed by atoms with Crippen LogP contribution in [0, 0.1) is 5.82 Å². The zero-order chi connectivity index (χ0) is 22.7. The van der Waals surface area contributed by atoms with Crippen molar-refractivity contribution >= 4 is 33.4 Å². The van der Waals surface area contributed by atoms with Crippen molar-refractivity contribution in [3.8, 4) is 5.69 Å². The Morgan fingerprint density at radius 2 is 1.88 bits per heavy atom. The van der Waals surface area contributed by atoms with Crippen LogP contribution in [0.5, 0.6) is 0 Å². The summed E-state index contributed by atoms with van der Waals surface area (Å²) in [7, 11) is -3.49. The molecule has 0 aliphatic carbocycles.